The van der Waals surface area contributed by atoms with Crippen LogP contribution in [0.5, 0.6) is 0 Å². The predicted molar refractivity (Wildman–Crippen MR) is 97.9 cm³/mol. The van der Waals surface area contributed by atoms with Crippen molar-refractivity contribution in [2.24, 2.45) is 0 Å². The minimum atomic E-state index is -0.439. The van der Waals surface area contributed by atoms with Crippen molar-refractivity contribution in [1.29, 1.82) is 0 Å². The molecule has 25 heavy (non-hydrogen) atoms. The van der Waals surface area contributed by atoms with E-state index in [1.807, 2.05) is 31.0 Å². The summed E-state index contributed by atoms with van der Waals surface area (Å²) in [4.78, 5) is 23.6. The summed E-state index contributed by atoms with van der Waals surface area (Å²) in [6.07, 6.45) is 1.35. The molecule has 0 atom stereocenters. The van der Waals surface area contributed by atoms with E-state index in [2.05, 4.69) is 20.2 Å². The van der Waals surface area contributed by atoms with E-state index in [0.29, 0.717) is 29.6 Å². The maximum absolute atomic E-state index is 11.7. The second-order valence-electron chi connectivity index (χ2n) is 6.03. The van der Waals surface area contributed by atoms with E-state index in [-0.39, 0.29) is 11.5 Å². The number of aromatic nitrogens is 2. The van der Waals surface area contributed by atoms with Gasteiger partial charge in [-0.1, -0.05) is 17.7 Å². The molecule has 2 heterocycles. The number of nitrogens with zero attached hydrogens (tertiary/aromatic N) is 5. The van der Waals surface area contributed by atoms with Gasteiger partial charge >= 0.3 is 5.69 Å². The molecule has 0 unspecified atom stereocenters. The van der Waals surface area contributed by atoms with Crippen LogP contribution in [0.1, 0.15) is 5.56 Å². The highest BCUT2D eigenvalue weighted by molar-refractivity contribution is 6.31. The average Bonchev–Trinajstić information content (AvgIpc) is 2.58. The van der Waals surface area contributed by atoms with Gasteiger partial charge in [0.25, 0.3) is 0 Å². The fraction of sp³-hybridized carbons (Fsp3) is 0.375. The molecule has 0 amide bonds. The number of halogens is 1. The van der Waals surface area contributed by atoms with Crippen LogP contribution in [0.3, 0.4) is 0 Å². The van der Waals surface area contributed by atoms with Gasteiger partial charge in [-0.2, -0.15) is 0 Å². The van der Waals surface area contributed by atoms with E-state index in [0.717, 1.165) is 18.7 Å². The predicted octanol–water partition coefficient (Wildman–Crippen LogP) is 2.84. The smallest absolute Gasteiger partial charge is 0.348 e. The Hall–Kier alpha value is -2.45. The molecule has 1 aromatic heterocycles. The van der Waals surface area contributed by atoms with Crippen molar-refractivity contribution in [3.8, 4) is 0 Å². The summed E-state index contributed by atoms with van der Waals surface area (Å²) in [6.45, 7) is 4.92. The second kappa shape index (κ2) is 7.20. The largest absolute Gasteiger partial charge is 0.353 e. The number of rotatable bonds is 4. The highest BCUT2D eigenvalue weighted by Crippen LogP contribution is 2.34. The number of benzene rings is 1. The van der Waals surface area contributed by atoms with Gasteiger partial charge in [0.15, 0.2) is 0 Å². The lowest BCUT2D eigenvalue weighted by molar-refractivity contribution is -0.383. The summed E-state index contributed by atoms with van der Waals surface area (Å²) in [6, 6.07) is 5.37. The van der Waals surface area contributed by atoms with Crippen molar-refractivity contribution in [1.82, 2.24) is 14.9 Å². The molecule has 1 aliphatic rings. The quantitative estimate of drug-likeness (QED) is 0.660. The molecule has 3 rings (SSSR count). The summed E-state index contributed by atoms with van der Waals surface area (Å²) < 4.78 is 0. The lowest BCUT2D eigenvalue weighted by Gasteiger charge is -2.32. The fourth-order valence-electron chi connectivity index (χ4n) is 2.69. The topological polar surface area (TPSA) is 87.4 Å². The van der Waals surface area contributed by atoms with Crippen molar-refractivity contribution in [2.75, 3.05) is 43.4 Å². The highest BCUT2D eigenvalue weighted by Gasteiger charge is 2.28. The van der Waals surface area contributed by atoms with Gasteiger partial charge in [-0.3, -0.25) is 10.1 Å². The van der Waals surface area contributed by atoms with Crippen molar-refractivity contribution in [2.45, 2.75) is 6.92 Å². The van der Waals surface area contributed by atoms with Crippen LogP contribution in [0.2, 0.25) is 5.02 Å². The minimum Gasteiger partial charge on any atom is -0.348 e. The molecule has 2 aromatic rings. The van der Waals surface area contributed by atoms with Gasteiger partial charge in [-0.25, -0.2) is 9.97 Å². The molecule has 0 radical (unpaired) electrons. The summed E-state index contributed by atoms with van der Waals surface area (Å²) in [5, 5.41) is 15.3. The third-order valence-electron chi connectivity index (χ3n) is 4.22. The third kappa shape index (κ3) is 3.80. The number of nitrogens with one attached hydrogen (secondary N) is 1. The summed E-state index contributed by atoms with van der Waals surface area (Å²) in [5.74, 6) is 0.502. The van der Waals surface area contributed by atoms with Crippen LogP contribution in [0, 0.1) is 17.0 Å². The zero-order valence-corrected chi connectivity index (χ0v) is 14.8. The molecule has 1 aliphatic heterocycles. The van der Waals surface area contributed by atoms with E-state index >= 15 is 0 Å². The third-order valence-corrected chi connectivity index (χ3v) is 4.63. The SMILES string of the molecule is Cc1ccc(Nc2ncnc(N3CCN(C)CC3)c2[N+](=O)[O-])cc1Cl. The van der Waals surface area contributed by atoms with Crippen LogP contribution in [0.4, 0.5) is 23.0 Å². The average molecular weight is 363 g/mol. The zero-order chi connectivity index (χ0) is 18.0. The lowest BCUT2D eigenvalue weighted by Crippen LogP contribution is -2.45. The van der Waals surface area contributed by atoms with Crippen LogP contribution in [-0.4, -0.2) is 53.0 Å². The summed E-state index contributed by atoms with van der Waals surface area (Å²) in [7, 11) is 2.03. The van der Waals surface area contributed by atoms with Crippen molar-refractivity contribution in [3.63, 3.8) is 0 Å². The molecule has 1 saturated heterocycles. The summed E-state index contributed by atoms with van der Waals surface area (Å²) in [5.41, 5.74) is 1.45. The standard InChI is InChI=1S/C16H19ClN6O2/c1-11-3-4-12(9-13(11)17)20-15-14(23(24)25)16(19-10-18-15)22-7-5-21(2)6-8-22/h3-4,9-10H,5-8H2,1-2H3,(H,18,19,20). The Morgan fingerprint density at radius 2 is 1.96 bits per heavy atom. The molecule has 8 nitrogen and oxygen atoms in total. The number of piperazine rings is 1. The Bertz CT molecular complexity index is 792. The number of anilines is 3. The van der Waals surface area contributed by atoms with Gasteiger partial charge in [0.1, 0.15) is 6.33 Å². The second-order valence-corrected chi connectivity index (χ2v) is 6.44. The first-order valence-electron chi connectivity index (χ1n) is 7.92. The van der Waals surface area contributed by atoms with Crippen LogP contribution in [0.25, 0.3) is 0 Å². The maximum atomic E-state index is 11.7. The van der Waals surface area contributed by atoms with Crippen molar-refractivity contribution in [3.05, 3.63) is 45.2 Å². The van der Waals surface area contributed by atoms with Gasteiger partial charge < -0.3 is 15.1 Å². The molecule has 0 spiro atoms. The first-order valence-corrected chi connectivity index (χ1v) is 8.29. The fourth-order valence-corrected chi connectivity index (χ4v) is 2.87. The van der Waals surface area contributed by atoms with Crippen LogP contribution < -0.4 is 10.2 Å². The molecule has 1 aromatic carbocycles. The number of likely N-dealkylation sites (N-methyl/N-ethyl adjacent to an activating group) is 1. The Kier molecular flexibility index (Phi) is 5.00. The molecular weight excluding hydrogens is 344 g/mol. The van der Waals surface area contributed by atoms with Gasteiger partial charge in [0.05, 0.1) is 4.92 Å². The van der Waals surface area contributed by atoms with E-state index in [9.17, 15) is 10.1 Å². The van der Waals surface area contributed by atoms with Crippen molar-refractivity contribution >= 4 is 34.6 Å². The molecule has 132 valence electrons. The lowest BCUT2D eigenvalue weighted by atomic mass is 10.2. The van der Waals surface area contributed by atoms with E-state index in [1.54, 1.807) is 6.07 Å². The summed E-state index contributed by atoms with van der Waals surface area (Å²) >= 11 is 6.13. The van der Waals surface area contributed by atoms with Gasteiger partial charge in [0.2, 0.25) is 11.6 Å². The van der Waals surface area contributed by atoms with Crippen LogP contribution >= 0.6 is 11.6 Å². The van der Waals surface area contributed by atoms with Gasteiger partial charge in [-0.05, 0) is 31.7 Å². The van der Waals surface area contributed by atoms with Gasteiger partial charge in [-0.15, -0.1) is 0 Å². The van der Waals surface area contributed by atoms with E-state index in [1.165, 1.54) is 6.33 Å². The Morgan fingerprint density at radius 3 is 2.60 bits per heavy atom. The zero-order valence-electron chi connectivity index (χ0n) is 14.1. The van der Waals surface area contributed by atoms with E-state index in [4.69, 9.17) is 11.6 Å². The van der Waals surface area contributed by atoms with Crippen LogP contribution in [0.15, 0.2) is 24.5 Å². The first-order chi connectivity index (χ1) is 12.0. The molecular formula is C16H19ClN6O2. The molecule has 1 N–H and O–H groups in total. The molecule has 0 bridgehead atoms. The normalized spacial score (nSPS) is 15.2. The molecule has 9 heteroatoms. The Labute approximate surface area is 150 Å². The minimum absolute atomic E-state index is 0.122. The molecule has 0 saturated carbocycles. The first kappa shape index (κ1) is 17.4. The van der Waals surface area contributed by atoms with Gasteiger partial charge in [0, 0.05) is 36.9 Å². The Morgan fingerprint density at radius 1 is 1.24 bits per heavy atom. The van der Waals surface area contributed by atoms with E-state index < -0.39 is 4.92 Å². The Balaban J connectivity index is 1.95. The number of aryl methyl sites for hydroxylation is 1. The number of nitro groups is 1. The highest BCUT2D eigenvalue weighted by atomic mass is 35.5. The van der Waals surface area contributed by atoms with Crippen LogP contribution in [-0.2, 0) is 0 Å². The number of hydrogen-bond acceptors (Lipinski definition) is 7. The van der Waals surface area contributed by atoms with Crippen molar-refractivity contribution < 1.29 is 4.92 Å². The molecule has 1 fully saturated rings. The molecule has 0 aliphatic carbocycles. The maximum Gasteiger partial charge on any atom is 0.353 e. The number of hydrogen-bond donors (Lipinski definition) is 1. The monoisotopic (exact) mass is 362 g/mol.